The summed E-state index contributed by atoms with van der Waals surface area (Å²) in [6, 6.07) is 6.71. The van der Waals surface area contributed by atoms with Crippen LogP contribution in [0.1, 0.15) is 10.5 Å². The summed E-state index contributed by atoms with van der Waals surface area (Å²) in [5, 5.41) is 0. The first kappa shape index (κ1) is 11.1. The van der Waals surface area contributed by atoms with Gasteiger partial charge in [-0.1, -0.05) is 0 Å². The van der Waals surface area contributed by atoms with Gasteiger partial charge < -0.3 is 10.6 Å². The van der Waals surface area contributed by atoms with Gasteiger partial charge in [-0.15, -0.1) is 0 Å². The van der Waals surface area contributed by atoms with Gasteiger partial charge in [0.15, 0.2) is 0 Å². The van der Waals surface area contributed by atoms with Crippen molar-refractivity contribution in [1.29, 1.82) is 0 Å². The second kappa shape index (κ2) is 4.61. The zero-order chi connectivity index (χ0) is 12.3. The normalized spacial score (nSPS) is 9.94. The van der Waals surface area contributed by atoms with E-state index in [1.165, 1.54) is 11.1 Å². The molecule has 0 saturated carbocycles. The zero-order valence-electron chi connectivity index (χ0n) is 9.37. The molecule has 0 bridgehead atoms. The summed E-state index contributed by atoms with van der Waals surface area (Å²) >= 11 is 0. The third kappa shape index (κ3) is 2.39. The minimum Gasteiger partial charge on any atom is -0.399 e. The molecule has 2 rings (SSSR count). The largest absolute Gasteiger partial charge is 0.399 e. The molecule has 0 unspecified atom stereocenters. The first-order valence-corrected chi connectivity index (χ1v) is 5.08. The topological polar surface area (TPSA) is 72.1 Å². The zero-order valence-corrected chi connectivity index (χ0v) is 9.37. The van der Waals surface area contributed by atoms with Gasteiger partial charge in [-0.3, -0.25) is 14.8 Å². The first-order chi connectivity index (χ1) is 8.18. The van der Waals surface area contributed by atoms with Crippen molar-refractivity contribution in [2.24, 2.45) is 0 Å². The Bertz CT molecular complexity index is 527. The maximum Gasteiger partial charge on any atom is 0.276 e. The number of carbonyl (C=O) groups excluding carboxylic acids is 1. The summed E-state index contributed by atoms with van der Waals surface area (Å²) < 4.78 is 0. The van der Waals surface area contributed by atoms with E-state index in [9.17, 15) is 4.79 Å². The Morgan fingerprint density at radius 3 is 2.59 bits per heavy atom. The lowest BCUT2D eigenvalue weighted by Gasteiger charge is -2.16. The van der Waals surface area contributed by atoms with Crippen LogP contribution in [0.25, 0.3) is 0 Å². The molecule has 5 nitrogen and oxygen atoms in total. The smallest absolute Gasteiger partial charge is 0.276 e. The molecule has 0 spiro atoms. The summed E-state index contributed by atoms with van der Waals surface area (Å²) in [5.41, 5.74) is 7.22. The maximum absolute atomic E-state index is 12.1. The number of nitrogen functional groups attached to an aromatic ring is 1. The Hall–Kier alpha value is -2.43. The van der Waals surface area contributed by atoms with Gasteiger partial charge >= 0.3 is 0 Å². The Morgan fingerprint density at radius 2 is 1.94 bits per heavy atom. The molecule has 0 aliphatic rings. The van der Waals surface area contributed by atoms with E-state index in [0.717, 1.165) is 5.69 Å². The van der Waals surface area contributed by atoms with Crippen LogP contribution in [0, 0.1) is 0 Å². The van der Waals surface area contributed by atoms with Gasteiger partial charge in [0, 0.05) is 37.0 Å². The Morgan fingerprint density at radius 1 is 1.24 bits per heavy atom. The fourth-order valence-electron chi connectivity index (χ4n) is 1.42. The SMILES string of the molecule is CN(C(=O)c1cc(N)ccn1)c1ccncc1. The lowest BCUT2D eigenvalue weighted by atomic mass is 10.2. The van der Waals surface area contributed by atoms with E-state index in [1.807, 2.05) is 0 Å². The predicted octanol–water partition coefficient (Wildman–Crippen LogP) is 1.34. The van der Waals surface area contributed by atoms with Crippen molar-refractivity contribution in [3.63, 3.8) is 0 Å². The highest BCUT2D eigenvalue weighted by molar-refractivity contribution is 6.04. The highest BCUT2D eigenvalue weighted by atomic mass is 16.2. The third-order valence-corrected chi connectivity index (χ3v) is 2.36. The van der Waals surface area contributed by atoms with Crippen LogP contribution in [-0.2, 0) is 0 Å². The van der Waals surface area contributed by atoms with Crippen molar-refractivity contribution in [2.75, 3.05) is 17.7 Å². The van der Waals surface area contributed by atoms with E-state index >= 15 is 0 Å². The monoisotopic (exact) mass is 228 g/mol. The van der Waals surface area contributed by atoms with E-state index < -0.39 is 0 Å². The maximum atomic E-state index is 12.1. The van der Waals surface area contributed by atoms with Gasteiger partial charge in [0.1, 0.15) is 5.69 Å². The summed E-state index contributed by atoms with van der Waals surface area (Å²) in [6.07, 6.45) is 4.78. The van der Waals surface area contributed by atoms with E-state index in [-0.39, 0.29) is 5.91 Å². The van der Waals surface area contributed by atoms with Crippen molar-refractivity contribution < 1.29 is 4.79 Å². The van der Waals surface area contributed by atoms with Crippen molar-refractivity contribution in [3.8, 4) is 0 Å². The molecule has 2 aromatic heterocycles. The van der Waals surface area contributed by atoms with Crippen LogP contribution in [0.2, 0.25) is 0 Å². The van der Waals surface area contributed by atoms with E-state index in [0.29, 0.717) is 11.4 Å². The average Bonchev–Trinajstić information content (AvgIpc) is 2.38. The number of hydrogen-bond acceptors (Lipinski definition) is 4. The summed E-state index contributed by atoms with van der Waals surface area (Å²) in [5.74, 6) is -0.205. The van der Waals surface area contributed by atoms with Crippen LogP contribution >= 0.6 is 0 Å². The van der Waals surface area contributed by atoms with Gasteiger partial charge in [-0.2, -0.15) is 0 Å². The van der Waals surface area contributed by atoms with E-state index in [1.54, 1.807) is 43.7 Å². The average molecular weight is 228 g/mol. The number of anilines is 2. The van der Waals surface area contributed by atoms with Crippen molar-refractivity contribution in [2.45, 2.75) is 0 Å². The standard InChI is InChI=1S/C12H12N4O/c1-16(10-3-5-14-6-4-10)12(17)11-8-9(13)2-7-15-11/h2-8H,1H3,(H2,13,15). The quantitative estimate of drug-likeness (QED) is 0.841. The molecule has 0 saturated heterocycles. The lowest BCUT2D eigenvalue weighted by Crippen LogP contribution is -2.27. The highest BCUT2D eigenvalue weighted by Crippen LogP contribution is 2.13. The predicted molar refractivity (Wildman–Crippen MR) is 65.6 cm³/mol. The number of amides is 1. The summed E-state index contributed by atoms with van der Waals surface area (Å²) in [4.78, 5) is 21.5. The second-order valence-electron chi connectivity index (χ2n) is 3.54. The molecule has 1 amide bonds. The first-order valence-electron chi connectivity index (χ1n) is 5.08. The molecular weight excluding hydrogens is 216 g/mol. The van der Waals surface area contributed by atoms with Crippen LogP contribution < -0.4 is 10.6 Å². The Labute approximate surface area is 98.9 Å². The molecule has 2 N–H and O–H groups in total. The molecule has 0 fully saturated rings. The number of pyridine rings is 2. The lowest BCUT2D eigenvalue weighted by molar-refractivity contribution is 0.0988. The number of nitrogens with zero attached hydrogens (tertiary/aromatic N) is 3. The Balaban J connectivity index is 2.27. The van der Waals surface area contributed by atoms with Crippen LogP contribution in [0.15, 0.2) is 42.9 Å². The van der Waals surface area contributed by atoms with Crippen LogP contribution in [0.3, 0.4) is 0 Å². The van der Waals surface area contributed by atoms with Gasteiger partial charge in [-0.25, -0.2) is 0 Å². The molecule has 17 heavy (non-hydrogen) atoms. The number of aromatic nitrogens is 2. The fourth-order valence-corrected chi connectivity index (χ4v) is 1.42. The second-order valence-corrected chi connectivity index (χ2v) is 3.54. The van der Waals surface area contributed by atoms with Crippen molar-refractivity contribution in [3.05, 3.63) is 48.5 Å². The van der Waals surface area contributed by atoms with Gasteiger partial charge in [0.05, 0.1) is 0 Å². The van der Waals surface area contributed by atoms with Crippen LogP contribution in [0.5, 0.6) is 0 Å². The molecular formula is C12H12N4O. The molecule has 2 heterocycles. The van der Waals surface area contributed by atoms with E-state index in [2.05, 4.69) is 9.97 Å². The number of nitrogens with two attached hydrogens (primary N) is 1. The van der Waals surface area contributed by atoms with Crippen molar-refractivity contribution >= 4 is 17.3 Å². The number of carbonyl (C=O) groups is 1. The minimum absolute atomic E-state index is 0.205. The van der Waals surface area contributed by atoms with Crippen molar-refractivity contribution in [1.82, 2.24) is 9.97 Å². The molecule has 0 aromatic carbocycles. The summed E-state index contributed by atoms with van der Waals surface area (Å²) in [7, 11) is 1.68. The fraction of sp³-hybridized carbons (Fsp3) is 0.0833. The highest BCUT2D eigenvalue weighted by Gasteiger charge is 2.14. The minimum atomic E-state index is -0.205. The molecule has 5 heteroatoms. The molecule has 2 aromatic rings. The molecule has 0 aliphatic heterocycles. The Kier molecular flexibility index (Phi) is 3.00. The van der Waals surface area contributed by atoms with E-state index in [4.69, 9.17) is 5.73 Å². The van der Waals surface area contributed by atoms with Gasteiger partial charge in [0.25, 0.3) is 5.91 Å². The van der Waals surface area contributed by atoms with Gasteiger partial charge in [0.2, 0.25) is 0 Å². The summed E-state index contributed by atoms with van der Waals surface area (Å²) in [6.45, 7) is 0. The third-order valence-electron chi connectivity index (χ3n) is 2.36. The number of rotatable bonds is 2. The molecule has 86 valence electrons. The van der Waals surface area contributed by atoms with Crippen LogP contribution in [0.4, 0.5) is 11.4 Å². The number of hydrogen-bond donors (Lipinski definition) is 1. The van der Waals surface area contributed by atoms with Crippen LogP contribution in [-0.4, -0.2) is 22.9 Å². The molecule has 0 radical (unpaired) electrons. The molecule has 0 aliphatic carbocycles. The van der Waals surface area contributed by atoms with Gasteiger partial charge in [-0.05, 0) is 24.3 Å². The molecule has 0 atom stereocenters.